The Morgan fingerprint density at radius 2 is 1.62 bits per heavy atom. The second-order valence-corrected chi connectivity index (χ2v) is 8.61. The molecule has 0 bridgehead atoms. The lowest BCUT2D eigenvalue weighted by molar-refractivity contribution is -0.114. The second-order valence-electron chi connectivity index (χ2n) is 6.24. The Labute approximate surface area is 177 Å². The molecule has 158 valence electrons. The summed E-state index contributed by atoms with van der Waals surface area (Å²) in [6, 6.07) is 11.6. The van der Waals surface area contributed by atoms with Crippen LogP contribution in [0.2, 0.25) is 5.02 Å². The summed E-state index contributed by atoms with van der Waals surface area (Å²) in [4.78, 5) is 12.5. The molecule has 0 aliphatic heterocycles. The van der Waals surface area contributed by atoms with Gasteiger partial charge in [0.05, 0.1) is 22.8 Å². The highest BCUT2D eigenvalue weighted by atomic mass is 35.5. The first-order valence-corrected chi connectivity index (χ1v) is 11.3. The topological polar surface area (TPSA) is 90.5 Å². The third-order valence-corrected chi connectivity index (χ3v) is 6.57. The maximum Gasteiger partial charge on any atom is 0.243 e. The van der Waals surface area contributed by atoms with E-state index < -0.39 is 10.0 Å². The molecule has 3 N–H and O–H groups in total. The molecule has 9 heteroatoms. The zero-order valence-electron chi connectivity index (χ0n) is 16.8. The van der Waals surface area contributed by atoms with E-state index in [0.29, 0.717) is 36.0 Å². The van der Waals surface area contributed by atoms with Crippen LogP contribution in [0.3, 0.4) is 0 Å². The Bertz CT molecular complexity index is 929. The maximum atomic E-state index is 12.8. The summed E-state index contributed by atoms with van der Waals surface area (Å²) in [5, 5.41) is 9.56. The van der Waals surface area contributed by atoms with E-state index in [9.17, 15) is 13.2 Å². The fraction of sp³-hybridized carbons (Fsp3) is 0.350. The highest BCUT2D eigenvalue weighted by Gasteiger charge is 2.22. The minimum absolute atomic E-state index is 0.0181. The molecule has 0 radical (unpaired) electrons. The number of nitrogens with one attached hydrogen (secondary N) is 3. The summed E-state index contributed by atoms with van der Waals surface area (Å²) >= 11 is 5.85. The molecule has 0 atom stereocenters. The minimum Gasteiger partial charge on any atom is -0.384 e. The van der Waals surface area contributed by atoms with E-state index in [2.05, 4.69) is 16.0 Å². The van der Waals surface area contributed by atoms with Gasteiger partial charge in [-0.2, -0.15) is 4.31 Å². The predicted octanol–water partition coefficient (Wildman–Crippen LogP) is 3.85. The first kappa shape index (κ1) is 23.0. The molecule has 0 saturated carbocycles. The van der Waals surface area contributed by atoms with Crippen molar-refractivity contribution < 1.29 is 13.2 Å². The summed E-state index contributed by atoms with van der Waals surface area (Å²) < 4.78 is 27.0. The number of hydrogen-bond acceptors (Lipinski definition) is 5. The summed E-state index contributed by atoms with van der Waals surface area (Å²) in [6.45, 7) is 6.96. The van der Waals surface area contributed by atoms with Crippen molar-refractivity contribution in [2.45, 2.75) is 25.7 Å². The normalized spacial score (nSPS) is 11.3. The quantitative estimate of drug-likeness (QED) is 0.524. The van der Waals surface area contributed by atoms with Gasteiger partial charge in [-0.15, -0.1) is 0 Å². The molecular weight excluding hydrogens is 412 g/mol. The van der Waals surface area contributed by atoms with Crippen molar-refractivity contribution in [1.29, 1.82) is 0 Å². The van der Waals surface area contributed by atoms with Crippen molar-refractivity contribution in [3.8, 4) is 0 Å². The number of hydrogen-bond donors (Lipinski definition) is 3. The van der Waals surface area contributed by atoms with Gasteiger partial charge in [-0.25, -0.2) is 8.42 Å². The number of carbonyl (C=O) groups excluding carboxylic acids is 1. The predicted molar refractivity (Wildman–Crippen MR) is 119 cm³/mol. The van der Waals surface area contributed by atoms with E-state index in [0.717, 1.165) is 5.69 Å². The number of nitrogens with zero attached hydrogens (tertiary/aromatic N) is 1. The van der Waals surface area contributed by atoms with Crippen LogP contribution in [0.15, 0.2) is 47.4 Å². The van der Waals surface area contributed by atoms with E-state index in [4.69, 9.17) is 11.6 Å². The van der Waals surface area contributed by atoms with Crippen LogP contribution in [0.1, 0.15) is 20.8 Å². The van der Waals surface area contributed by atoms with E-state index in [1.165, 1.54) is 4.31 Å². The average Bonchev–Trinajstić information content (AvgIpc) is 2.70. The first-order valence-electron chi connectivity index (χ1n) is 9.49. The molecule has 0 aromatic heterocycles. The van der Waals surface area contributed by atoms with Gasteiger partial charge in [-0.3, -0.25) is 4.79 Å². The number of benzene rings is 2. The largest absolute Gasteiger partial charge is 0.384 e. The lowest BCUT2D eigenvalue weighted by atomic mass is 10.2. The van der Waals surface area contributed by atoms with Gasteiger partial charge in [-0.05, 0) is 49.4 Å². The Kier molecular flexibility index (Phi) is 8.31. The number of halogens is 1. The van der Waals surface area contributed by atoms with Crippen LogP contribution in [-0.2, 0) is 14.8 Å². The molecule has 2 rings (SSSR count). The van der Waals surface area contributed by atoms with Crippen molar-refractivity contribution in [3.05, 3.63) is 47.5 Å². The number of anilines is 3. The number of rotatable bonds is 10. The molecule has 0 fully saturated rings. The average molecular weight is 439 g/mol. The van der Waals surface area contributed by atoms with Gasteiger partial charge >= 0.3 is 0 Å². The lowest BCUT2D eigenvalue weighted by Crippen LogP contribution is -2.30. The highest BCUT2D eigenvalue weighted by Crippen LogP contribution is 2.27. The molecule has 0 spiro atoms. The van der Waals surface area contributed by atoms with Crippen LogP contribution in [0.25, 0.3) is 0 Å². The highest BCUT2D eigenvalue weighted by molar-refractivity contribution is 7.89. The molecule has 1 amide bonds. The Hall–Kier alpha value is -2.29. The van der Waals surface area contributed by atoms with Gasteiger partial charge in [0, 0.05) is 30.3 Å². The van der Waals surface area contributed by atoms with Crippen molar-refractivity contribution in [1.82, 2.24) is 4.31 Å². The molecule has 2 aromatic rings. The molecule has 0 unspecified atom stereocenters. The molecule has 0 saturated heterocycles. The zero-order chi connectivity index (χ0) is 21.4. The summed E-state index contributed by atoms with van der Waals surface area (Å²) in [5.74, 6) is -0.258. The first-order chi connectivity index (χ1) is 13.8. The van der Waals surface area contributed by atoms with Gasteiger partial charge in [0.2, 0.25) is 15.9 Å². The van der Waals surface area contributed by atoms with Gasteiger partial charge in [-0.1, -0.05) is 25.4 Å². The smallest absolute Gasteiger partial charge is 0.243 e. The van der Waals surface area contributed by atoms with Crippen molar-refractivity contribution in [3.63, 3.8) is 0 Å². The summed E-state index contributed by atoms with van der Waals surface area (Å²) in [5.41, 5.74) is 1.91. The van der Waals surface area contributed by atoms with Crippen LogP contribution >= 0.6 is 11.6 Å². The lowest BCUT2D eigenvalue weighted by Gasteiger charge is -2.20. The van der Waals surface area contributed by atoms with Gasteiger partial charge < -0.3 is 16.0 Å². The van der Waals surface area contributed by atoms with E-state index in [1.807, 2.05) is 6.92 Å². The second kappa shape index (κ2) is 10.5. The van der Waals surface area contributed by atoms with Crippen LogP contribution in [0, 0.1) is 0 Å². The van der Waals surface area contributed by atoms with Crippen LogP contribution in [0.4, 0.5) is 17.1 Å². The Morgan fingerprint density at radius 3 is 2.21 bits per heavy atom. The zero-order valence-corrected chi connectivity index (χ0v) is 18.4. The Balaban J connectivity index is 2.18. The maximum absolute atomic E-state index is 12.8. The molecular formula is C20H27ClN4O3S. The number of sulfonamides is 1. The van der Waals surface area contributed by atoms with Gasteiger partial charge in [0.15, 0.2) is 0 Å². The van der Waals surface area contributed by atoms with Crippen molar-refractivity contribution in [2.75, 3.05) is 42.1 Å². The molecule has 7 nitrogen and oxygen atoms in total. The summed E-state index contributed by atoms with van der Waals surface area (Å²) in [6.07, 6.45) is 0. The third-order valence-electron chi connectivity index (χ3n) is 4.27. The number of carbonyl (C=O) groups is 1. The van der Waals surface area contributed by atoms with Crippen molar-refractivity contribution >= 4 is 44.6 Å². The standard InChI is InChI=1S/C20H27ClN4O3S/c1-4-22-18-12-11-17(29(27,28)25(5-2)6-3)13-19(18)23-14-20(26)24-16-9-7-15(21)8-10-16/h7-13,22-23H,4-6,14H2,1-3H3,(H,24,26). The minimum atomic E-state index is -3.59. The molecule has 29 heavy (non-hydrogen) atoms. The van der Waals surface area contributed by atoms with Crippen LogP contribution in [-0.4, -0.2) is 44.8 Å². The SMILES string of the molecule is CCNc1ccc(S(=O)(=O)N(CC)CC)cc1NCC(=O)Nc1ccc(Cl)cc1. The third kappa shape index (κ3) is 6.09. The molecule has 0 aliphatic carbocycles. The number of amides is 1. The fourth-order valence-electron chi connectivity index (χ4n) is 2.80. The molecule has 2 aromatic carbocycles. The van der Waals surface area contributed by atoms with E-state index >= 15 is 0 Å². The molecule has 0 aliphatic rings. The van der Waals surface area contributed by atoms with E-state index in [-0.39, 0.29) is 17.3 Å². The fourth-order valence-corrected chi connectivity index (χ4v) is 4.41. The monoisotopic (exact) mass is 438 g/mol. The van der Waals surface area contributed by atoms with Crippen molar-refractivity contribution in [2.24, 2.45) is 0 Å². The van der Waals surface area contributed by atoms with Gasteiger partial charge in [0.25, 0.3) is 0 Å². The van der Waals surface area contributed by atoms with Crippen LogP contribution < -0.4 is 16.0 Å². The Morgan fingerprint density at radius 1 is 0.966 bits per heavy atom. The van der Waals surface area contributed by atoms with E-state index in [1.54, 1.807) is 56.3 Å². The molecule has 0 heterocycles. The summed E-state index contributed by atoms with van der Waals surface area (Å²) in [7, 11) is -3.59. The van der Waals surface area contributed by atoms with Crippen LogP contribution in [0.5, 0.6) is 0 Å². The van der Waals surface area contributed by atoms with Gasteiger partial charge in [0.1, 0.15) is 0 Å².